The second kappa shape index (κ2) is 7.47. The highest BCUT2D eigenvalue weighted by molar-refractivity contribution is 7.18. The number of fused-ring (bicyclic) bond motifs is 1. The van der Waals surface area contributed by atoms with Gasteiger partial charge in [0, 0.05) is 13.2 Å². The lowest BCUT2D eigenvalue weighted by Crippen LogP contribution is -2.05. The van der Waals surface area contributed by atoms with E-state index < -0.39 is 17.7 Å². The van der Waals surface area contributed by atoms with Crippen LogP contribution in [-0.4, -0.2) is 24.5 Å². The molecule has 30 heavy (non-hydrogen) atoms. The van der Waals surface area contributed by atoms with Crippen LogP contribution in [0.15, 0.2) is 24.4 Å². The minimum Gasteiger partial charge on any atom is -0.471 e. The van der Waals surface area contributed by atoms with Gasteiger partial charge in [0.15, 0.2) is 16.0 Å². The molecule has 0 spiro atoms. The summed E-state index contributed by atoms with van der Waals surface area (Å²) in [5, 5.41) is 0.757. The molecular formula is C18H12ClF4N5OS. The van der Waals surface area contributed by atoms with Crippen molar-refractivity contribution in [1.29, 1.82) is 0 Å². The Morgan fingerprint density at radius 2 is 1.93 bits per heavy atom. The van der Waals surface area contributed by atoms with Gasteiger partial charge in [-0.2, -0.15) is 18.2 Å². The quantitative estimate of drug-likeness (QED) is 0.312. The van der Waals surface area contributed by atoms with Crippen molar-refractivity contribution < 1.29 is 22.3 Å². The minimum absolute atomic E-state index is 0.00192. The number of thiazole rings is 1. The van der Waals surface area contributed by atoms with Crippen molar-refractivity contribution in [2.75, 3.05) is 0 Å². The number of alkyl halides is 3. The van der Waals surface area contributed by atoms with E-state index in [0.717, 1.165) is 15.8 Å². The lowest BCUT2D eigenvalue weighted by Gasteiger charge is -2.08. The van der Waals surface area contributed by atoms with Gasteiger partial charge < -0.3 is 9.30 Å². The number of aromatic nitrogens is 5. The van der Waals surface area contributed by atoms with E-state index in [1.54, 1.807) is 6.92 Å². The van der Waals surface area contributed by atoms with Crippen molar-refractivity contribution in [2.45, 2.75) is 19.7 Å². The van der Waals surface area contributed by atoms with Gasteiger partial charge in [-0.1, -0.05) is 17.4 Å². The van der Waals surface area contributed by atoms with Gasteiger partial charge in [-0.05, 0) is 36.2 Å². The summed E-state index contributed by atoms with van der Waals surface area (Å²) < 4.78 is 60.0. The van der Waals surface area contributed by atoms with E-state index in [-0.39, 0.29) is 29.2 Å². The van der Waals surface area contributed by atoms with Gasteiger partial charge in [0.25, 0.3) is 0 Å². The largest absolute Gasteiger partial charge is 0.471 e. The standard InChI is InChI=1S/C18H12ClF4N5OS/c1-8-24-13-15(26-17(19)27-16(13)30-8)29-7-9-3-4-10(11(20)5-9)14-25-12(6-28(14)2)18(21,22)23/h3-6H,7H2,1-2H3. The van der Waals surface area contributed by atoms with Crippen LogP contribution in [0, 0.1) is 12.7 Å². The Balaban J connectivity index is 1.59. The van der Waals surface area contributed by atoms with Crippen molar-refractivity contribution in [2.24, 2.45) is 7.05 Å². The number of imidazole rings is 1. The van der Waals surface area contributed by atoms with Crippen molar-refractivity contribution >= 4 is 33.3 Å². The number of hydrogen-bond acceptors (Lipinski definition) is 6. The molecular weight excluding hydrogens is 446 g/mol. The molecule has 0 saturated heterocycles. The first-order chi connectivity index (χ1) is 14.1. The first-order valence-corrected chi connectivity index (χ1v) is 9.64. The molecule has 1 aromatic carbocycles. The molecule has 3 heterocycles. The Labute approximate surface area is 176 Å². The second-order valence-electron chi connectivity index (χ2n) is 6.35. The van der Waals surface area contributed by atoms with Gasteiger partial charge in [-0.3, -0.25) is 0 Å². The van der Waals surface area contributed by atoms with Gasteiger partial charge >= 0.3 is 6.18 Å². The summed E-state index contributed by atoms with van der Waals surface area (Å²) in [6.45, 7) is 1.75. The number of benzene rings is 1. The number of aryl methyl sites for hydroxylation is 2. The Morgan fingerprint density at radius 3 is 2.60 bits per heavy atom. The summed E-state index contributed by atoms with van der Waals surface area (Å²) in [5.41, 5.74) is -0.252. The molecule has 3 aromatic heterocycles. The first kappa shape index (κ1) is 20.5. The molecule has 0 fully saturated rings. The zero-order valence-electron chi connectivity index (χ0n) is 15.5. The smallest absolute Gasteiger partial charge is 0.434 e. The van der Waals surface area contributed by atoms with Gasteiger partial charge in [0.05, 0.1) is 10.6 Å². The van der Waals surface area contributed by atoms with Crippen molar-refractivity contribution in [3.63, 3.8) is 0 Å². The number of hydrogen-bond donors (Lipinski definition) is 0. The monoisotopic (exact) mass is 457 g/mol. The van der Waals surface area contributed by atoms with Crippen molar-refractivity contribution in [3.05, 3.63) is 51.8 Å². The normalized spacial score (nSPS) is 12.0. The minimum atomic E-state index is -4.61. The maximum atomic E-state index is 14.6. The fraction of sp³-hybridized carbons (Fsp3) is 0.222. The zero-order chi connectivity index (χ0) is 21.6. The Bertz CT molecular complexity index is 1250. The molecule has 6 nitrogen and oxygen atoms in total. The van der Waals surface area contributed by atoms with Crippen LogP contribution in [0.4, 0.5) is 17.6 Å². The molecule has 0 bridgehead atoms. The molecule has 0 aliphatic heterocycles. The summed E-state index contributed by atoms with van der Waals surface area (Å²) in [7, 11) is 1.37. The molecule has 156 valence electrons. The third-order valence-corrected chi connectivity index (χ3v) is 5.16. The third-order valence-electron chi connectivity index (χ3n) is 4.12. The number of ether oxygens (including phenoxy) is 1. The SMILES string of the molecule is Cc1nc2c(OCc3ccc(-c4nc(C(F)(F)F)cn4C)c(F)c3)nc(Cl)nc2s1. The Kier molecular flexibility index (Phi) is 5.10. The molecule has 4 rings (SSSR count). The van der Waals surface area contributed by atoms with Crippen LogP contribution in [0.2, 0.25) is 5.28 Å². The molecule has 0 N–H and O–H groups in total. The number of rotatable bonds is 4. The van der Waals surface area contributed by atoms with Gasteiger partial charge in [-0.15, -0.1) is 0 Å². The van der Waals surface area contributed by atoms with E-state index in [1.807, 2.05) is 0 Å². The topological polar surface area (TPSA) is 65.7 Å². The predicted octanol–water partition coefficient (Wildman–Crippen LogP) is 5.19. The molecule has 0 saturated carbocycles. The van der Waals surface area contributed by atoms with Gasteiger partial charge in [-0.25, -0.2) is 19.3 Å². The zero-order valence-corrected chi connectivity index (χ0v) is 17.0. The van der Waals surface area contributed by atoms with Crippen LogP contribution in [0.25, 0.3) is 21.7 Å². The molecule has 0 amide bonds. The van der Waals surface area contributed by atoms with E-state index in [4.69, 9.17) is 16.3 Å². The second-order valence-corrected chi connectivity index (χ2v) is 7.87. The van der Waals surface area contributed by atoms with Crippen molar-refractivity contribution in [1.82, 2.24) is 24.5 Å². The number of nitrogens with zero attached hydrogens (tertiary/aromatic N) is 5. The molecule has 0 aliphatic rings. The summed E-state index contributed by atoms with van der Waals surface area (Å²) in [6, 6.07) is 4.06. The third kappa shape index (κ3) is 3.94. The number of halogens is 5. The fourth-order valence-corrected chi connectivity index (χ4v) is 3.80. The van der Waals surface area contributed by atoms with E-state index in [1.165, 1.54) is 36.6 Å². The highest BCUT2D eigenvalue weighted by atomic mass is 35.5. The van der Waals surface area contributed by atoms with Crippen LogP contribution < -0.4 is 4.74 Å². The van der Waals surface area contributed by atoms with Gasteiger partial charge in [0.2, 0.25) is 11.2 Å². The summed E-state index contributed by atoms with van der Waals surface area (Å²) >= 11 is 7.24. The van der Waals surface area contributed by atoms with E-state index in [2.05, 4.69) is 19.9 Å². The van der Waals surface area contributed by atoms with Crippen LogP contribution in [0.3, 0.4) is 0 Å². The summed E-state index contributed by atoms with van der Waals surface area (Å²) in [6.07, 6.45) is -3.80. The molecule has 4 aromatic rings. The average molecular weight is 458 g/mol. The van der Waals surface area contributed by atoms with E-state index in [9.17, 15) is 17.6 Å². The van der Waals surface area contributed by atoms with E-state index >= 15 is 0 Å². The van der Waals surface area contributed by atoms with Gasteiger partial charge in [0.1, 0.15) is 18.2 Å². The van der Waals surface area contributed by atoms with Crippen LogP contribution in [0.5, 0.6) is 5.88 Å². The highest BCUT2D eigenvalue weighted by Crippen LogP contribution is 2.32. The van der Waals surface area contributed by atoms with Crippen LogP contribution in [-0.2, 0) is 19.8 Å². The predicted molar refractivity (Wildman–Crippen MR) is 103 cm³/mol. The molecule has 0 radical (unpaired) electrons. The van der Waals surface area contributed by atoms with Crippen LogP contribution in [0.1, 0.15) is 16.3 Å². The molecule has 0 atom stereocenters. The lowest BCUT2D eigenvalue weighted by atomic mass is 10.1. The summed E-state index contributed by atoms with van der Waals surface area (Å²) in [5.74, 6) is -0.693. The fourth-order valence-electron chi connectivity index (χ4n) is 2.81. The molecule has 12 heteroatoms. The maximum absolute atomic E-state index is 14.6. The van der Waals surface area contributed by atoms with E-state index in [0.29, 0.717) is 15.9 Å². The molecule has 0 unspecified atom stereocenters. The Morgan fingerprint density at radius 1 is 1.17 bits per heavy atom. The van der Waals surface area contributed by atoms with Crippen LogP contribution >= 0.6 is 22.9 Å². The first-order valence-electron chi connectivity index (χ1n) is 8.44. The average Bonchev–Trinajstić information content (AvgIpc) is 3.21. The molecule has 0 aliphatic carbocycles. The summed E-state index contributed by atoms with van der Waals surface area (Å²) in [4.78, 5) is 16.5. The van der Waals surface area contributed by atoms with Crippen molar-refractivity contribution in [3.8, 4) is 17.3 Å². The highest BCUT2D eigenvalue weighted by Gasteiger charge is 2.34. The lowest BCUT2D eigenvalue weighted by molar-refractivity contribution is -0.140. The maximum Gasteiger partial charge on any atom is 0.434 e. The Hall–Kier alpha value is -2.79.